The van der Waals surface area contributed by atoms with Crippen LogP contribution in [0.3, 0.4) is 0 Å². The van der Waals surface area contributed by atoms with Crippen molar-refractivity contribution in [3.8, 4) is 11.5 Å². The topological polar surface area (TPSA) is 38.8 Å². The lowest BCUT2D eigenvalue weighted by molar-refractivity contribution is -0.137. The molecule has 0 fully saturated rings. The van der Waals surface area contributed by atoms with Gasteiger partial charge in [-0.2, -0.15) is 0 Å². The van der Waals surface area contributed by atoms with Crippen molar-refractivity contribution in [3.63, 3.8) is 0 Å². The third-order valence-electron chi connectivity index (χ3n) is 5.76. The lowest BCUT2D eigenvalue weighted by atomic mass is 9.76. The van der Waals surface area contributed by atoms with Crippen molar-refractivity contribution in [2.45, 2.75) is 38.8 Å². The summed E-state index contributed by atoms with van der Waals surface area (Å²) in [5.74, 6) is 0.926. The quantitative estimate of drug-likeness (QED) is 0.569. The van der Waals surface area contributed by atoms with Gasteiger partial charge in [0, 0.05) is 18.3 Å². The number of benzene rings is 2. The maximum absolute atomic E-state index is 11.9. The lowest BCUT2D eigenvalue weighted by Crippen LogP contribution is -2.58. The molecule has 0 amide bonds. The number of ether oxygens (including phenoxy) is 2. The molecule has 4 nitrogen and oxygen atoms in total. The van der Waals surface area contributed by atoms with E-state index in [4.69, 9.17) is 9.47 Å². The van der Waals surface area contributed by atoms with Crippen LogP contribution in [-0.2, 0) is 10.2 Å². The highest BCUT2D eigenvalue weighted by Crippen LogP contribution is 2.54. The fourth-order valence-corrected chi connectivity index (χ4v) is 4.05. The summed E-state index contributed by atoms with van der Waals surface area (Å²) in [4.78, 5) is 14.1. The molecule has 1 atom stereocenters. The highest BCUT2D eigenvalue weighted by molar-refractivity contribution is 5.76. The lowest BCUT2D eigenvalue weighted by Gasteiger charge is -2.45. The smallest absolute Gasteiger partial charge is 0.313 e. The number of hydrogen-bond donors (Lipinski definition) is 0. The zero-order chi connectivity index (χ0) is 19.4. The molecule has 0 bridgehead atoms. The van der Waals surface area contributed by atoms with Gasteiger partial charge < -0.3 is 14.4 Å². The van der Waals surface area contributed by atoms with E-state index in [0.29, 0.717) is 5.75 Å². The molecule has 0 unspecified atom stereocenters. The summed E-state index contributed by atoms with van der Waals surface area (Å²) < 4.78 is 12.0. The second kappa shape index (κ2) is 5.88. The molecule has 0 aliphatic carbocycles. The van der Waals surface area contributed by atoms with E-state index < -0.39 is 5.72 Å². The molecule has 0 saturated carbocycles. The van der Waals surface area contributed by atoms with Gasteiger partial charge >= 0.3 is 5.97 Å². The molecule has 140 valence electrons. The summed E-state index contributed by atoms with van der Waals surface area (Å²) in [5, 5.41) is 0. The minimum atomic E-state index is -0.597. The van der Waals surface area contributed by atoms with Crippen molar-refractivity contribution in [3.05, 3.63) is 59.7 Å². The monoisotopic (exact) mass is 363 g/mol. The Morgan fingerprint density at radius 3 is 2.59 bits per heavy atom. The van der Waals surface area contributed by atoms with Gasteiger partial charge in [0.15, 0.2) is 0 Å². The van der Waals surface area contributed by atoms with Crippen molar-refractivity contribution >= 4 is 17.7 Å². The Labute approximate surface area is 160 Å². The van der Waals surface area contributed by atoms with Crippen LogP contribution in [0.2, 0.25) is 0 Å². The van der Waals surface area contributed by atoms with Crippen LogP contribution < -0.4 is 14.4 Å². The number of para-hydroxylation sites is 1. The van der Waals surface area contributed by atoms with Crippen LogP contribution in [0.5, 0.6) is 11.5 Å². The standard InChI is InChI=1S/C23H25NO3/c1-15(2)21(25)26-17-10-11-20-16(14-17)12-13-23(27-20)22(3,4)18-8-6-7-9-19(18)24(23)5/h6-15H,1-5H3/t23-/m1/s1. The average molecular weight is 363 g/mol. The van der Waals surface area contributed by atoms with Crippen LogP contribution in [0.1, 0.15) is 38.8 Å². The zero-order valence-electron chi connectivity index (χ0n) is 16.4. The number of likely N-dealkylation sites (N-methyl/N-ethyl adjacent to an activating group) is 1. The number of esters is 1. The Bertz CT molecular complexity index is 944. The van der Waals surface area contributed by atoms with Crippen LogP contribution in [0.25, 0.3) is 6.08 Å². The first-order valence-corrected chi connectivity index (χ1v) is 9.33. The number of carbonyl (C=O) groups excluding carboxylic acids is 1. The Morgan fingerprint density at radius 2 is 1.89 bits per heavy atom. The third kappa shape index (κ3) is 2.47. The first-order valence-electron chi connectivity index (χ1n) is 9.33. The van der Waals surface area contributed by atoms with Crippen molar-refractivity contribution in [2.75, 3.05) is 11.9 Å². The molecule has 4 heteroatoms. The van der Waals surface area contributed by atoms with E-state index in [2.05, 4.69) is 62.2 Å². The number of carbonyl (C=O) groups is 1. The Hall–Kier alpha value is -2.75. The Kier molecular flexibility index (Phi) is 3.84. The number of fused-ring (bicyclic) bond motifs is 2. The van der Waals surface area contributed by atoms with Gasteiger partial charge in [-0.15, -0.1) is 0 Å². The normalized spacial score (nSPS) is 21.8. The van der Waals surface area contributed by atoms with Crippen LogP contribution in [0, 0.1) is 5.92 Å². The fraction of sp³-hybridized carbons (Fsp3) is 0.348. The van der Waals surface area contributed by atoms with Gasteiger partial charge in [-0.1, -0.05) is 32.0 Å². The molecule has 2 aromatic carbocycles. The predicted octanol–water partition coefficient (Wildman–Crippen LogP) is 4.78. The summed E-state index contributed by atoms with van der Waals surface area (Å²) in [6.45, 7) is 8.07. The SMILES string of the molecule is CC(C)C(=O)Oc1ccc2c(c1)C=C[C@]1(O2)N(C)c2ccccc2C1(C)C. The molecular weight excluding hydrogens is 338 g/mol. The van der Waals surface area contributed by atoms with Crippen molar-refractivity contribution < 1.29 is 14.3 Å². The highest BCUT2D eigenvalue weighted by atomic mass is 16.5. The van der Waals surface area contributed by atoms with Gasteiger partial charge in [-0.05, 0) is 55.8 Å². The van der Waals surface area contributed by atoms with E-state index in [1.54, 1.807) is 6.07 Å². The molecule has 2 aliphatic rings. The summed E-state index contributed by atoms with van der Waals surface area (Å²) in [6, 6.07) is 14.0. The first-order chi connectivity index (χ1) is 12.8. The van der Waals surface area contributed by atoms with E-state index in [-0.39, 0.29) is 17.3 Å². The number of anilines is 1. The number of rotatable bonds is 2. The fourth-order valence-electron chi connectivity index (χ4n) is 4.05. The van der Waals surface area contributed by atoms with Crippen LogP contribution in [0.4, 0.5) is 5.69 Å². The maximum Gasteiger partial charge on any atom is 0.313 e. The van der Waals surface area contributed by atoms with Crippen LogP contribution in [0.15, 0.2) is 48.5 Å². The summed E-state index contributed by atoms with van der Waals surface area (Å²) in [5.41, 5.74) is 2.53. The van der Waals surface area contributed by atoms with Crippen molar-refractivity contribution in [1.29, 1.82) is 0 Å². The molecule has 0 aromatic heterocycles. The number of hydrogen-bond acceptors (Lipinski definition) is 4. The summed E-state index contributed by atoms with van der Waals surface area (Å²) in [6.07, 6.45) is 4.18. The highest BCUT2D eigenvalue weighted by Gasteiger charge is 2.57. The average Bonchev–Trinajstić information content (AvgIpc) is 2.81. The van der Waals surface area contributed by atoms with E-state index >= 15 is 0 Å². The molecule has 0 N–H and O–H groups in total. The van der Waals surface area contributed by atoms with Gasteiger partial charge in [0.1, 0.15) is 11.5 Å². The van der Waals surface area contributed by atoms with E-state index in [0.717, 1.165) is 11.3 Å². The minimum Gasteiger partial charge on any atom is -0.463 e. The van der Waals surface area contributed by atoms with Crippen molar-refractivity contribution in [2.24, 2.45) is 5.92 Å². The molecule has 0 saturated heterocycles. The number of nitrogens with zero attached hydrogens (tertiary/aromatic N) is 1. The molecule has 4 rings (SSSR count). The van der Waals surface area contributed by atoms with Gasteiger partial charge in [0.2, 0.25) is 5.72 Å². The molecular formula is C23H25NO3. The summed E-state index contributed by atoms with van der Waals surface area (Å²) in [7, 11) is 2.07. The first kappa shape index (κ1) is 17.7. The van der Waals surface area contributed by atoms with Gasteiger partial charge in [-0.3, -0.25) is 4.79 Å². The minimum absolute atomic E-state index is 0.164. The maximum atomic E-state index is 11.9. The van der Waals surface area contributed by atoms with Crippen molar-refractivity contribution in [1.82, 2.24) is 0 Å². The second-order valence-electron chi connectivity index (χ2n) is 8.11. The second-order valence-corrected chi connectivity index (χ2v) is 8.11. The van der Waals surface area contributed by atoms with E-state index in [9.17, 15) is 4.79 Å². The van der Waals surface area contributed by atoms with Crippen LogP contribution in [-0.4, -0.2) is 18.7 Å². The van der Waals surface area contributed by atoms with Gasteiger partial charge in [0.25, 0.3) is 0 Å². The zero-order valence-corrected chi connectivity index (χ0v) is 16.4. The molecule has 2 aliphatic heterocycles. The molecule has 2 heterocycles. The summed E-state index contributed by atoms with van der Waals surface area (Å²) >= 11 is 0. The van der Waals surface area contributed by atoms with Gasteiger partial charge in [-0.25, -0.2) is 0 Å². The van der Waals surface area contributed by atoms with E-state index in [1.807, 2.05) is 26.0 Å². The molecule has 0 radical (unpaired) electrons. The third-order valence-corrected chi connectivity index (χ3v) is 5.76. The predicted molar refractivity (Wildman–Crippen MR) is 107 cm³/mol. The Balaban J connectivity index is 1.71. The molecule has 1 spiro atoms. The molecule has 27 heavy (non-hydrogen) atoms. The van der Waals surface area contributed by atoms with E-state index in [1.165, 1.54) is 11.3 Å². The van der Waals surface area contributed by atoms with Crippen LogP contribution >= 0.6 is 0 Å². The molecule has 2 aromatic rings. The Morgan fingerprint density at radius 1 is 1.15 bits per heavy atom. The van der Waals surface area contributed by atoms with Gasteiger partial charge in [0.05, 0.1) is 11.3 Å². The largest absolute Gasteiger partial charge is 0.463 e.